The van der Waals surface area contributed by atoms with Crippen LogP contribution in [0.2, 0.25) is 0 Å². The Labute approximate surface area is 185 Å². The van der Waals surface area contributed by atoms with E-state index < -0.39 is 35.8 Å². The number of anilines is 1. The number of nitrogens with zero attached hydrogens (tertiary/aromatic N) is 1. The fourth-order valence-electron chi connectivity index (χ4n) is 3.66. The van der Waals surface area contributed by atoms with Gasteiger partial charge in [0, 0.05) is 40.9 Å². The number of hydrogen-bond donors (Lipinski definition) is 1. The second-order valence-electron chi connectivity index (χ2n) is 7.44. The molecule has 0 saturated carbocycles. The quantitative estimate of drug-likeness (QED) is 0.589. The molecular weight excluding hydrogens is 459 g/mol. The molecule has 5 nitrogen and oxygen atoms in total. The molecule has 0 unspecified atom stereocenters. The summed E-state index contributed by atoms with van der Waals surface area (Å²) in [5.74, 6) is -1.56. The van der Waals surface area contributed by atoms with Crippen molar-refractivity contribution in [1.82, 2.24) is 4.90 Å². The molecule has 11 heteroatoms. The standard InChI is InChI=1S/C21H20ClF5N2O3/c22-13-1-6-17(21(25,26)27)16(11-13)19(31)29-9-7-12(8-10-29)18(30)28-14-2-4-15(5-3-14)32-20(23)24/h2-5,11-12,20H,1,6-10H2,(H,28,30). The van der Waals surface area contributed by atoms with E-state index in [1.165, 1.54) is 29.2 Å². The van der Waals surface area contributed by atoms with Crippen molar-refractivity contribution >= 4 is 29.1 Å². The molecule has 0 aromatic heterocycles. The second-order valence-corrected chi connectivity index (χ2v) is 7.93. The Balaban J connectivity index is 1.59. The lowest BCUT2D eigenvalue weighted by Gasteiger charge is -2.33. The molecule has 1 aliphatic heterocycles. The first-order chi connectivity index (χ1) is 15.0. The van der Waals surface area contributed by atoms with E-state index >= 15 is 0 Å². The number of halogens is 6. The average molecular weight is 479 g/mol. The van der Waals surface area contributed by atoms with Gasteiger partial charge >= 0.3 is 12.8 Å². The van der Waals surface area contributed by atoms with Crippen molar-refractivity contribution < 1.29 is 36.3 Å². The van der Waals surface area contributed by atoms with Crippen LogP contribution in [-0.2, 0) is 9.59 Å². The van der Waals surface area contributed by atoms with E-state index in [0.717, 1.165) is 6.08 Å². The van der Waals surface area contributed by atoms with Crippen molar-refractivity contribution in [2.75, 3.05) is 18.4 Å². The lowest BCUT2D eigenvalue weighted by molar-refractivity contribution is -0.132. The molecule has 1 fully saturated rings. The molecule has 0 bridgehead atoms. The Morgan fingerprint density at radius 3 is 2.28 bits per heavy atom. The Bertz CT molecular complexity index is 920. The molecule has 1 aromatic rings. The van der Waals surface area contributed by atoms with E-state index in [4.69, 9.17) is 11.6 Å². The Morgan fingerprint density at radius 1 is 1.09 bits per heavy atom. The predicted molar refractivity (Wildman–Crippen MR) is 107 cm³/mol. The van der Waals surface area contributed by atoms with Gasteiger partial charge in [0.05, 0.1) is 0 Å². The Kier molecular flexibility index (Phi) is 7.43. The number of hydrogen-bond acceptors (Lipinski definition) is 3. The smallest absolute Gasteiger partial charge is 0.413 e. The molecule has 1 aliphatic carbocycles. The third kappa shape index (κ3) is 5.99. The molecule has 1 saturated heterocycles. The number of amides is 2. The van der Waals surface area contributed by atoms with Crippen LogP contribution in [0.1, 0.15) is 25.7 Å². The van der Waals surface area contributed by atoms with Crippen LogP contribution in [-0.4, -0.2) is 42.6 Å². The van der Waals surface area contributed by atoms with E-state index in [0.29, 0.717) is 5.69 Å². The van der Waals surface area contributed by atoms with Crippen LogP contribution in [0.25, 0.3) is 0 Å². The van der Waals surface area contributed by atoms with Crippen LogP contribution in [0, 0.1) is 5.92 Å². The maximum Gasteiger partial charge on any atom is 0.413 e. The summed E-state index contributed by atoms with van der Waals surface area (Å²) in [5.41, 5.74) is -0.939. The first-order valence-corrected chi connectivity index (χ1v) is 10.2. The number of ether oxygens (including phenoxy) is 1. The summed E-state index contributed by atoms with van der Waals surface area (Å²) in [6, 6.07) is 5.41. The van der Waals surface area contributed by atoms with Gasteiger partial charge in [-0.2, -0.15) is 22.0 Å². The summed E-state index contributed by atoms with van der Waals surface area (Å²) in [4.78, 5) is 26.5. The number of rotatable bonds is 5. The topological polar surface area (TPSA) is 58.6 Å². The van der Waals surface area contributed by atoms with Gasteiger partial charge in [-0.05, 0) is 56.0 Å². The Morgan fingerprint density at radius 2 is 1.72 bits per heavy atom. The van der Waals surface area contributed by atoms with Gasteiger partial charge in [-0.3, -0.25) is 9.59 Å². The van der Waals surface area contributed by atoms with E-state index in [2.05, 4.69) is 10.1 Å². The lowest BCUT2D eigenvalue weighted by atomic mass is 9.92. The van der Waals surface area contributed by atoms with Crippen molar-refractivity contribution in [3.8, 4) is 5.75 Å². The maximum absolute atomic E-state index is 13.3. The van der Waals surface area contributed by atoms with Gasteiger partial charge in [0.15, 0.2) is 0 Å². The average Bonchev–Trinajstić information content (AvgIpc) is 2.73. The number of allylic oxidation sites excluding steroid dienone is 2. The van der Waals surface area contributed by atoms with Gasteiger partial charge in [-0.15, -0.1) is 0 Å². The first-order valence-electron chi connectivity index (χ1n) is 9.86. The minimum atomic E-state index is -4.62. The second kappa shape index (κ2) is 9.89. The van der Waals surface area contributed by atoms with Crippen molar-refractivity contribution in [3.05, 3.63) is 46.5 Å². The highest BCUT2D eigenvalue weighted by molar-refractivity contribution is 6.30. The number of piperidine rings is 1. The zero-order valence-corrected chi connectivity index (χ0v) is 17.5. The molecule has 0 radical (unpaired) electrons. The van der Waals surface area contributed by atoms with Gasteiger partial charge in [-0.1, -0.05) is 11.6 Å². The van der Waals surface area contributed by atoms with Crippen LogP contribution >= 0.6 is 11.6 Å². The fraction of sp³-hybridized carbons (Fsp3) is 0.429. The predicted octanol–water partition coefficient (Wildman–Crippen LogP) is 5.24. The zero-order valence-electron chi connectivity index (χ0n) is 16.7. The van der Waals surface area contributed by atoms with Crippen LogP contribution < -0.4 is 10.1 Å². The van der Waals surface area contributed by atoms with Crippen LogP contribution in [0.5, 0.6) is 5.75 Å². The molecule has 1 N–H and O–H groups in total. The molecule has 2 amide bonds. The number of carbonyl (C=O) groups is 2. The summed E-state index contributed by atoms with van der Waals surface area (Å²) in [6.07, 6.45) is -3.30. The summed E-state index contributed by atoms with van der Waals surface area (Å²) < 4.78 is 68.6. The van der Waals surface area contributed by atoms with E-state index in [-0.39, 0.29) is 55.5 Å². The van der Waals surface area contributed by atoms with E-state index in [1.54, 1.807) is 0 Å². The van der Waals surface area contributed by atoms with Gasteiger partial charge in [0.1, 0.15) is 5.75 Å². The van der Waals surface area contributed by atoms with Crippen LogP contribution in [0.15, 0.2) is 46.5 Å². The van der Waals surface area contributed by atoms with Gasteiger partial charge in [-0.25, -0.2) is 0 Å². The molecule has 1 aromatic carbocycles. The molecule has 32 heavy (non-hydrogen) atoms. The molecule has 0 spiro atoms. The molecule has 2 aliphatic rings. The lowest BCUT2D eigenvalue weighted by Crippen LogP contribution is -2.42. The van der Waals surface area contributed by atoms with Crippen molar-refractivity contribution in [2.24, 2.45) is 5.92 Å². The van der Waals surface area contributed by atoms with Gasteiger partial charge in [0.25, 0.3) is 5.91 Å². The third-order valence-corrected chi connectivity index (χ3v) is 5.61. The summed E-state index contributed by atoms with van der Waals surface area (Å²) >= 11 is 5.88. The van der Waals surface area contributed by atoms with Crippen LogP contribution in [0.3, 0.4) is 0 Å². The molecule has 174 valence electrons. The van der Waals surface area contributed by atoms with Crippen LogP contribution in [0.4, 0.5) is 27.6 Å². The number of benzene rings is 1. The molecular formula is C21H20ClF5N2O3. The monoisotopic (exact) mass is 478 g/mol. The SMILES string of the molecule is O=C(Nc1ccc(OC(F)F)cc1)C1CCN(C(=O)C2=C(C(F)(F)F)CCC(Cl)=C2)CC1. The maximum atomic E-state index is 13.3. The van der Waals surface area contributed by atoms with Crippen molar-refractivity contribution in [2.45, 2.75) is 38.5 Å². The highest BCUT2D eigenvalue weighted by Crippen LogP contribution is 2.38. The highest BCUT2D eigenvalue weighted by Gasteiger charge is 2.40. The minimum absolute atomic E-state index is 0.0324. The number of nitrogens with one attached hydrogen (secondary N) is 1. The van der Waals surface area contributed by atoms with Gasteiger partial charge < -0.3 is 15.0 Å². The molecule has 3 rings (SSSR count). The number of likely N-dealkylation sites (tertiary alicyclic amines) is 1. The van der Waals surface area contributed by atoms with Crippen molar-refractivity contribution in [3.63, 3.8) is 0 Å². The van der Waals surface area contributed by atoms with E-state index in [9.17, 15) is 31.5 Å². The summed E-state index contributed by atoms with van der Waals surface area (Å²) in [6.45, 7) is -2.71. The largest absolute Gasteiger partial charge is 0.435 e. The number of alkyl halides is 5. The molecule has 0 atom stereocenters. The zero-order chi connectivity index (χ0) is 23.5. The number of carbonyl (C=O) groups excluding carboxylic acids is 2. The first kappa shape index (κ1) is 24.0. The summed E-state index contributed by atoms with van der Waals surface area (Å²) in [5, 5.41) is 2.86. The van der Waals surface area contributed by atoms with Crippen molar-refractivity contribution in [1.29, 1.82) is 0 Å². The van der Waals surface area contributed by atoms with E-state index in [1.807, 2.05) is 0 Å². The Hall–Kier alpha value is -2.62. The minimum Gasteiger partial charge on any atom is -0.435 e. The fourth-order valence-corrected chi connectivity index (χ4v) is 3.86. The summed E-state index contributed by atoms with van der Waals surface area (Å²) in [7, 11) is 0. The van der Waals surface area contributed by atoms with Gasteiger partial charge in [0.2, 0.25) is 5.91 Å². The highest BCUT2D eigenvalue weighted by atomic mass is 35.5. The third-order valence-electron chi connectivity index (χ3n) is 5.31. The normalized spacial score (nSPS) is 18.0. The molecule has 1 heterocycles.